The third kappa shape index (κ3) is 6.12. The Labute approximate surface area is 226 Å². The van der Waals surface area contributed by atoms with Gasteiger partial charge in [0.05, 0.1) is 41.4 Å². The number of benzene rings is 3. The molecule has 3 aromatic carbocycles. The minimum Gasteiger partial charge on any atom is -0.368 e. The van der Waals surface area contributed by atoms with E-state index in [9.17, 15) is 0 Å². The normalized spacial score (nSPS) is 12.3. The zero-order valence-corrected chi connectivity index (χ0v) is 22.7. The van der Waals surface area contributed by atoms with Crippen molar-refractivity contribution in [3.63, 3.8) is 0 Å². The van der Waals surface area contributed by atoms with Gasteiger partial charge in [-0.05, 0) is 61.0 Å². The molecule has 0 aliphatic carbocycles. The predicted octanol–water partition coefficient (Wildman–Crippen LogP) is 5.74. The van der Waals surface area contributed by atoms with Crippen LogP contribution < -0.4 is 14.3 Å². The summed E-state index contributed by atoms with van der Waals surface area (Å²) in [6.45, 7) is 5.00. The van der Waals surface area contributed by atoms with Crippen LogP contribution in [0.25, 0.3) is 10.2 Å². The largest absolute Gasteiger partial charge is 0.368 e. The van der Waals surface area contributed by atoms with Crippen LogP contribution >= 0.6 is 11.3 Å². The van der Waals surface area contributed by atoms with Crippen molar-refractivity contribution < 1.29 is 4.57 Å². The van der Waals surface area contributed by atoms with Crippen LogP contribution in [0.3, 0.4) is 0 Å². The Balaban J connectivity index is 1.18. The van der Waals surface area contributed by atoms with Crippen molar-refractivity contribution in [2.45, 2.75) is 13.5 Å². The number of hydrogen-bond donors (Lipinski definition) is 0. The molecule has 0 N–H and O–H groups in total. The highest BCUT2D eigenvalue weighted by molar-refractivity contribution is 7.16. The molecule has 5 rings (SSSR count). The van der Waals surface area contributed by atoms with Crippen LogP contribution in [0.4, 0.5) is 17.1 Å². The standard InChI is InChI=1S/C29H31N8S/c1-4-37(20-19-36-18-17-34(2)22-36)26-15-13-25(14-16-26)32-31-24-11-9-23(10-12-24)21-30-33-29-35(3)27-7-5-6-8-28(27)38-29/h5-18,21-22H,4,19-20H2,1-3H3/q+1. The van der Waals surface area contributed by atoms with Crippen LogP contribution in [0.15, 0.2) is 112 Å². The number of hydrogen-bond acceptors (Lipinski definition) is 6. The minimum atomic E-state index is 0.786. The number of nitrogens with zero attached hydrogens (tertiary/aromatic N) is 8. The number of aryl methyl sites for hydroxylation is 2. The molecule has 192 valence electrons. The van der Waals surface area contributed by atoms with Crippen molar-refractivity contribution in [1.82, 2.24) is 9.13 Å². The van der Waals surface area contributed by atoms with Gasteiger partial charge in [-0.1, -0.05) is 35.6 Å². The van der Waals surface area contributed by atoms with Crippen molar-refractivity contribution >= 4 is 44.8 Å². The maximum atomic E-state index is 4.41. The van der Waals surface area contributed by atoms with Crippen LogP contribution in [0, 0.1) is 0 Å². The lowest BCUT2D eigenvalue weighted by atomic mass is 10.2. The van der Waals surface area contributed by atoms with Crippen LogP contribution in [0.5, 0.6) is 0 Å². The number of thiazole rings is 1. The molecule has 0 saturated carbocycles. The van der Waals surface area contributed by atoms with Crippen molar-refractivity contribution in [2.24, 2.45) is 34.5 Å². The van der Waals surface area contributed by atoms with Crippen LogP contribution in [-0.4, -0.2) is 28.4 Å². The highest BCUT2D eigenvalue weighted by atomic mass is 32.1. The highest BCUT2D eigenvalue weighted by Crippen LogP contribution is 2.22. The average Bonchev–Trinajstić information content (AvgIpc) is 3.51. The van der Waals surface area contributed by atoms with Gasteiger partial charge < -0.3 is 9.47 Å². The first-order chi connectivity index (χ1) is 18.6. The smallest absolute Gasteiger partial charge is 0.243 e. The summed E-state index contributed by atoms with van der Waals surface area (Å²) in [5.41, 5.74) is 4.90. The molecule has 2 aromatic heterocycles. The molecule has 0 fully saturated rings. The first-order valence-corrected chi connectivity index (χ1v) is 13.4. The maximum Gasteiger partial charge on any atom is 0.243 e. The van der Waals surface area contributed by atoms with E-state index >= 15 is 0 Å². The molecule has 0 aliphatic rings. The van der Waals surface area contributed by atoms with Gasteiger partial charge in [0, 0.05) is 19.3 Å². The van der Waals surface area contributed by atoms with Crippen LogP contribution in [-0.2, 0) is 20.6 Å². The summed E-state index contributed by atoms with van der Waals surface area (Å²) in [5.74, 6) is 0. The van der Waals surface area contributed by atoms with Gasteiger partial charge in [0.15, 0.2) is 0 Å². The fourth-order valence-corrected chi connectivity index (χ4v) is 5.11. The molecule has 9 heteroatoms. The fourth-order valence-electron chi connectivity index (χ4n) is 4.14. The second-order valence-electron chi connectivity index (χ2n) is 8.96. The van der Waals surface area contributed by atoms with E-state index in [-0.39, 0.29) is 0 Å². The molecule has 0 radical (unpaired) electrons. The lowest BCUT2D eigenvalue weighted by molar-refractivity contribution is -0.693. The number of imidazole rings is 1. The van der Waals surface area contributed by atoms with E-state index in [4.69, 9.17) is 0 Å². The summed E-state index contributed by atoms with van der Waals surface area (Å²) in [6, 6.07) is 24.3. The summed E-state index contributed by atoms with van der Waals surface area (Å²) < 4.78 is 7.50. The van der Waals surface area contributed by atoms with E-state index in [1.54, 1.807) is 17.6 Å². The Bertz CT molecular complexity index is 1620. The van der Waals surface area contributed by atoms with Gasteiger partial charge in [-0.15, -0.1) is 5.10 Å². The van der Waals surface area contributed by atoms with Gasteiger partial charge >= 0.3 is 0 Å². The van der Waals surface area contributed by atoms with E-state index in [1.807, 2.05) is 62.6 Å². The Morgan fingerprint density at radius 1 is 0.921 bits per heavy atom. The Kier molecular flexibility index (Phi) is 7.84. The SMILES string of the molecule is CCN(CC[n+]1ccn(C)c1)c1ccc(N=Nc2ccc(C=NN=c3sc4ccccc4n3C)cc2)cc1. The fraction of sp³-hybridized carbons (Fsp3) is 0.207. The minimum absolute atomic E-state index is 0.786. The summed E-state index contributed by atoms with van der Waals surface area (Å²) in [7, 11) is 4.04. The van der Waals surface area contributed by atoms with Crippen LogP contribution in [0.1, 0.15) is 12.5 Å². The van der Waals surface area contributed by atoms with E-state index in [0.29, 0.717) is 0 Å². The van der Waals surface area contributed by atoms with Crippen molar-refractivity contribution in [3.8, 4) is 0 Å². The Morgan fingerprint density at radius 2 is 1.63 bits per heavy atom. The number of azo groups is 1. The Hall–Kier alpha value is -4.37. The lowest BCUT2D eigenvalue weighted by Crippen LogP contribution is -2.39. The van der Waals surface area contributed by atoms with Gasteiger partial charge in [0.25, 0.3) is 0 Å². The summed E-state index contributed by atoms with van der Waals surface area (Å²) in [4.78, 5) is 3.21. The van der Waals surface area contributed by atoms with Gasteiger partial charge in [-0.3, -0.25) is 0 Å². The first kappa shape index (κ1) is 25.3. The predicted molar refractivity (Wildman–Crippen MR) is 155 cm³/mol. The molecule has 0 spiro atoms. The zero-order chi connectivity index (χ0) is 26.3. The summed E-state index contributed by atoms with van der Waals surface area (Å²) in [5, 5.41) is 17.5. The average molecular weight is 524 g/mol. The number of fused-ring (bicyclic) bond motifs is 1. The number of aromatic nitrogens is 3. The highest BCUT2D eigenvalue weighted by Gasteiger charge is 2.07. The molecule has 0 unspecified atom stereocenters. The lowest BCUT2D eigenvalue weighted by Gasteiger charge is -2.22. The van der Waals surface area contributed by atoms with Crippen molar-refractivity contribution in [2.75, 3.05) is 18.0 Å². The monoisotopic (exact) mass is 523 g/mol. The second-order valence-corrected chi connectivity index (χ2v) is 9.97. The molecule has 0 saturated heterocycles. The molecular formula is C29H31N8S+. The van der Waals surface area contributed by atoms with E-state index < -0.39 is 0 Å². The molecule has 2 heterocycles. The number of anilines is 1. The van der Waals surface area contributed by atoms with Crippen molar-refractivity contribution in [1.29, 1.82) is 0 Å². The number of para-hydroxylation sites is 1. The second kappa shape index (κ2) is 11.8. The summed E-state index contributed by atoms with van der Waals surface area (Å²) in [6.07, 6.45) is 8.00. The van der Waals surface area contributed by atoms with Gasteiger partial charge in [-0.25, -0.2) is 9.13 Å². The third-order valence-electron chi connectivity index (χ3n) is 6.29. The maximum absolute atomic E-state index is 4.41. The topological polar surface area (TPSA) is 66.4 Å². The molecule has 8 nitrogen and oxygen atoms in total. The molecule has 0 bridgehead atoms. The number of likely N-dealkylation sites (N-methyl/N-ethyl adjacent to an activating group) is 1. The van der Waals surface area contributed by atoms with E-state index in [0.717, 1.165) is 46.9 Å². The van der Waals surface area contributed by atoms with Crippen molar-refractivity contribution in [3.05, 3.63) is 102 Å². The molecule has 5 aromatic rings. The zero-order valence-electron chi connectivity index (χ0n) is 21.8. The molecule has 0 amide bonds. The van der Waals surface area contributed by atoms with Crippen LogP contribution in [0.2, 0.25) is 0 Å². The van der Waals surface area contributed by atoms with E-state index in [2.05, 4.69) is 88.9 Å². The quantitative estimate of drug-likeness (QED) is 0.105. The summed E-state index contributed by atoms with van der Waals surface area (Å²) >= 11 is 1.62. The van der Waals surface area contributed by atoms with Gasteiger partial charge in [0.1, 0.15) is 18.9 Å². The van der Waals surface area contributed by atoms with Gasteiger partial charge in [-0.2, -0.15) is 15.3 Å². The Morgan fingerprint density at radius 3 is 2.29 bits per heavy atom. The number of rotatable bonds is 9. The van der Waals surface area contributed by atoms with E-state index in [1.165, 1.54) is 10.4 Å². The molecule has 0 aliphatic heterocycles. The molecule has 0 atom stereocenters. The molecule has 38 heavy (non-hydrogen) atoms. The van der Waals surface area contributed by atoms with Gasteiger partial charge in [0.2, 0.25) is 11.1 Å². The molecular weight excluding hydrogens is 492 g/mol. The third-order valence-corrected chi connectivity index (χ3v) is 7.39. The first-order valence-electron chi connectivity index (χ1n) is 12.6.